The van der Waals surface area contributed by atoms with Gasteiger partial charge in [0.2, 0.25) is 0 Å². The molecule has 1 rings (SSSR count). The van der Waals surface area contributed by atoms with Gasteiger partial charge in [-0.25, -0.2) is 4.79 Å². The van der Waals surface area contributed by atoms with Crippen molar-refractivity contribution in [1.82, 2.24) is 14.0 Å². The van der Waals surface area contributed by atoms with Crippen molar-refractivity contribution < 1.29 is 9.53 Å². The van der Waals surface area contributed by atoms with Crippen molar-refractivity contribution >= 4 is 5.97 Å². The molecule has 0 N–H and O–H groups in total. The van der Waals surface area contributed by atoms with Gasteiger partial charge in [0.15, 0.2) is 0 Å². The molecule has 0 unspecified atom stereocenters. The molecule has 0 aromatic carbocycles. The van der Waals surface area contributed by atoms with Gasteiger partial charge < -0.3 is 4.74 Å². The average molecular weight is 269 g/mol. The van der Waals surface area contributed by atoms with Gasteiger partial charge in [0.05, 0.1) is 13.2 Å². The van der Waals surface area contributed by atoms with E-state index in [1.165, 1.54) is 17.7 Å². The molecule has 1 aromatic heterocycles. The van der Waals surface area contributed by atoms with Crippen LogP contribution in [-0.4, -0.2) is 40.2 Å². The van der Waals surface area contributed by atoms with Crippen LogP contribution < -0.4 is 11.2 Å². The van der Waals surface area contributed by atoms with Crippen molar-refractivity contribution in [2.24, 2.45) is 14.1 Å². The fourth-order valence-corrected chi connectivity index (χ4v) is 1.69. The lowest BCUT2D eigenvalue weighted by Gasteiger charge is -2.17. The average Bonchev–Trinajstić information content (AvgIpc) is 2.33. The van der Waals surface area contributed by atoms with E-state index in [9.17, 15) is 14.4 Å². The first-order valence-electron chi connectivity index (χ1n) is 5.97. The molecular formula is C12H19N3O4. The van der Waals surface area contributed by atoms with Gasteiger partial charge in [0.25, 0.3) is 5.56 Å². The molecule has 0 fully saturated rings. The third-order valence-electron chi connectivity index (χ3n) is 2.76. The van der Waals surface area contributed by atoms with Crippen LogP contribution in [0.25, 0.3) is 0 Å². The number of esters is 1. The van der Waals surface area contributed by atoms with Crippen molar-refractivity contribution in [3.8, 4) is 0 Å². The van der Waals surface area contributed by atoms with Crippen LogP contribution in [0.2, 0.25) is 0 Å². The third-order valence-corrected chi connectivity index (χ3v) is 2.76. The van der Waals surface area contributed by atoms with E-state index in [-0.39, 0.29) is 23.8 Å². The maximum atomic E-state index is 11.7. The molecule has 0 saturated carbocycles. The molecule has 7 heteroatoms. The van der Waals surface area contributed by atoms with E-state index < -0.39 is 0 Å². The zero-order valence-electron chi connectivity index (χ0n) is 11.7. The number of carbonyl (C=O) groups is 1. The molecular weight excluding hydrogens is 250 g/mol. The number of ether oxygens (including phenoxy) is 1. The van der Waals surface area contributed by atoms with Crippen molar-refractivity contribution in [3.05, 3.63) is 32.6 Å². The molecule has 0 aliphatic heterocycles. The Kier molecular flexibility index (Phi) is 5.05. The quantitative estimate of drug-likeness (QED) is 0.646. The summed E-state index contributed by atoms with van der Waals surface area (Å²) >= 11 is 0. The second-order valence-corrected chi connectivity index (χ2v) is 4.35. The van der Waals surface area contributed by atoms with Gasteiger partial charge in [-0.2, -0.15) is 0 Å². The fraction of sp³-hybridized carbons (Fsp3) is 0.583. The van der Waals surface area contributed by atoms with Gasteiger partial charge >= 0.3 is 11.7 Å². The topological polar surface area (TPSA) is 73.5 Å². The zero-order chi connectivity index (χ0) is 14.6. The Bertz CT molecular complexity index is 573. The minimum absolute atomic E-state index is 0.108. The highest BCUT2D eigenvalue weighted by molar-refractivity contribution is 5.71. The number of aromatic nitrogens is 2. The van der Waals surface area contributed by atoms with E-state index in [1.807, 2.05) is 0 Å². The standard InChI is InChI=1S/C12H19N3O4/c1-5-19-11(17)8-13(2)7-9-6-10(16)15(4)12(18)14(9)3/h6H,5,7-8H2,1-4H3. The lowest BCUT2D eigenvalue weighted by atomic mass is 10.3. The van der Waals surface area contributed by atoms with E-state index in [4.69, 9.17) is 4.74 Å². The SMILES string of the molecule is CCOC(=O)CN(C)Cc1cc(=O)n(C)c(=O)n1C. The maximum absolute atomic E-state index is 11.7. The highest BCUT2D eigenvalue weighted by Crippen LogP contribution is 1.97. The Balaban J connectivity index is 2.86. The van der Waals surface area contributed by atoms with E-state index in [1.54, 1.807) is 25.9 Å². The van der Waals surface area contributed by atoms with Gasteiger partial charge in [-0.15, -0.1) is 0 Å². The van der Waals surface area contributed by atoms with Gasteiger partial charge in [0.1, 0.15) is 0 Å². The van der Waals surface area contributed by atoms with Crippen molar-refractivity contribution in [2.75, 3.05) is 20.2 Å². The minimum Gasteiger partial charge on any atom is -0.465 e. The lowest BCUT2D eigenvalue weighted by molar-refractivity contribution is -0.144. The summed E-state index contributed by atoms with van der Waals surface area (Å²) < 4.78 is 7.26. The highest BCUT2D eigenvalue weighted by Gasteiger charge is 2.11. The predicted molar refractivity (Wildman–Crippen MR) is 69.9 cm³/mol. The first kappa shape index (κ1) is 15.2. The molecule has 0 radical (unpaired) electrons. The number of nitrogens with zero attached hydrogens (tertiary/aromatic N) is 3. The first-order valence-corrected chi connectivity index (χ1v) is 5.97. The van der Waals surface area contributed by atoms with Crippen LogP contribution in [0.5, 0.6) is 0 Å². The van der Waals surface area contributed by atoms with Crippen LogP contribution in [0.4, 0.5) is 0 Å². The van der Waals surface area contributed by atoms with E-state index in [0.29, 0.717) is 18.8 Å². The molecule has 7 nitrogen and oxygen atoms in total. The molecule has 1 heterocycles. The van der Waals surface area contributed by atoms with Crippen molar-refractivity contribution in [3.63, 3.8) is 0 Å². The lowest BCUT2D eigenvalue weighted by Crippen LogP contribution is -2.39. The molecule has 0 aliphatic carbocycles. The summed E-state index contributed by atoms with van der Waals surface area (Å²) in [7, 11) is 4.74. The first-order chi connectivity index (χ1) is 8.86. The van der Waals surface area contributed by atoms with E-state index >= 15 is 0 Å². The molecule has 106 valence electrons. The van der Waals surface area contributed by atoms with E-state index in [2.05, 4.69) is 0 Å². The Morgan fingerprint density at radius 2 is 1.95 bits per heavy atom. The van der Waals surface area contributed by atoms with Gasteiger partial charge in [-0.3, -0.25) is 23.6 Å². The molecule has 0 bridgehead atoms. The molecule has 0 atom stereocenters. The van der Waals surface area contributed by atoms with Crippen LogP contribution in [-0.2, 0) is 30.2 Å². The zero-order valence-corrected chi connectivity index (χ0v) is 11.7. The number of hydrogen-bond acceptors (Lipinski definition) is 5. The van der Waals surface area contributed by atoms with Gasteiger partial charge in [0, 0.05) is 32.4 Å². The molecule has 0 saturated heterocycles. The van der Waals surface area contributed by atoms with Crippen LogP contribution in [0, 0.1) is 0 Å². The number of hydrogen-bond donors (Lipinski definition) is 0. The second-order valence-electron chi connectivity index (χ2n) is 4.35. The van der Waals surface area contributed by atoms with Crippen LogP contribution in [0.3, 0.4) is 0 Å². The molecule has 0 spiro atoms. The molecule has 0 aliphatic rings. The van der Waals surface area contributed by atoms with Crippen LogP contribution >= 0.6 is 0 Å². The number of carbonyl (C=O) groups excluding carboxylic acids is 1. The Morgan fingerprint density at radius 1 is 1.32 bits per heavy atom. The monoisotopic (exact) mass is 269 g/mol. The summed E-state index contributed by atoms with van der Waals surface area (Å²) in [6, 6.07) is 1.39. The number of rotatable bonds is 5. The number of likely N-dealkylation sites (N-methyl/N-ethyl adjacent to an activating group) is 1. The Labute approximate surface area is 111 Å². The summed E-state index contributed by atoms with van der Waals surface area (Å²) in [6.45, 7) is 2.50. The van der Waals surface area contributed by atoms with Crippen molar-refractivity contribution in [1.29, 1.82) is 0 Å². The second kappa shape index (κ2) is 6.33. The third kappa shape index (κ3) is 3.78. The van der Waals surface area contributed by atoms with Crippen LogP contribution in [0.1, 0.15) is 12.6 Å². The minimum atomic E-state index is -0.382. The summed E-state index contributed by atoms with van der Waals surface area (Å²) in [4.78, 5) is 36.3. The fourth-order valence-electron chi connectivity index (χ4n) is 1.69. The summed E-state index contributed by atoms with van der Waals surface area (Å²) in [6.07, 6.45) is 0. The highest BCUT2D eigenvalue weighted by atomic mass is 16.5. The Hall–Kier alpha value is -1.89. The molecule has 0 amide bonds. The van der Waals surface area contributed by atoms with E-state index in [0.717, 1.165) is 4.57 Å². The molecule has 1 aromatic rings. The normalized spacial score (nSPS) is 10.8. The van der Waals surface area contributed by atoms with Crippen LogP contribution in [0.15, 0.2) is 15.7 Å². The van der Waals surface area contributed by atoms with Gasteiger partial charge in [-0.1, -0.05) is 0 Å². The smallest absolute Gasteiger partial charge is 0.330 e. The Morgan fingerprint density at radius 3 is 2.53 bits per heavy atom. The largest absolute Gasteiger partial charge is 0.465 e. The summed E-state index contributed by atoms with van der Waals surface area (Å²) in [5, 5.41) is 0. The maximum Gasteiger partial charge on any atom is 0.330 e. The summed E-state index contributed by atoms with van der Waals surface area (Å²) in [5.41, 5.74) is -0.186. The predicted octanol–water partition coefficient (Wildman–Crippen LogP) is -0.921. The van der Waals surface area contributed by atoms with Gasteiger partial charge in [-0.05, 0) is 14.0 Å². The van der Waals surface area contributed by atoms with Crippen molar-refractivity contribution in [2.45, 2.75) is 13.5 Å². The summed E-state index contributed by atoms with van der Waals surface area (Å²) in [5.74, 6) is -0.334. The molecule has 19 heavy (non-hydrogen) atoms.